The van der Waals surface area contributed by atoms with Gasteiger partial charge in [-0.1, -0.05) is 24.6 Å². The van der Waals surface area contributed by atoms with Crippen LogP contribution in [0.25, 0.3) is 11.5 Å². The molecule has 1 heterocycles. The molecule has 0 amide bonds. The lowest BCUT2D eigenvalue weighted by atomic mass is 9.87. The van der Waals surface area contributed by atoms with Gasteiger partial charge < -0.3 is 15.1 Å². The van der Waals surface area contributed by atoms with Crippen molar-refractivity contribution in [3.63, 3.8) is 0 Å². The molecular weight excluding hydrogens is 324 g/mol. The zero-order chi connectivity index (χ0) is 18.4. The van der Waals surface area contributed by atoms with Crippen molar-refractivity contribution in [1.82, 2.24) is 15.6 Å². The van der Waals surface area contributed by atoms with Gasteiger partial charge in [0, 0.05) is 31.6 Å². The number of aryl methyl sites for hydroxylation is 1. The zero-order valence-electron chi connectivity index (χ0n) is 16.1. The van der Waals surface area contributed by atoms with Crippen LogP contribution in [-0.2, 0) is 6.42 Å². The van der Waals surface area contributed by atoms with E-state index in [4.69, 9.17) is 4.42 Å². The van der Waals surface area contributed by atoms with E-state index < -0.39 is 0 Å². The van der Waals surface area contributed by atoms with Crippen LogP contribution in [0.15, 0.2) is 39.9 Å². The van der Waals surface area contributed by atoms with Gasteiger partial charge in [0.15, 0.2) is 5.96 Å². The molecule has 1 aliphatic carbocycles. The predicted octanol–water partition coefficient (Wildman–Crippen LogP) is 3.94. The van der Waals surface area contributed by atoms with Gasteiger partial charge in [-0.25, -0.2) is 4.98 Å². The number of hydrogen-bond acceptors (Lipinski definition) is 3. The second kappa shape index (κ2) is 8.88. The smallest absolute Gasteiger partial charge is 0.226 e. The number of hydrogen-bond donors (Lipinski definition) is 2. The maximum Gasteiger partial charge on any atom is 0.226 e. The topological polar surface area (TPSA) is 62.5 Å². The average molecular weight is 354 g/mol. The van der Waals surface area contributed by atoms with Gasteiger partial charge in [-0.2, -0.15) is 0 Å². The first kappa shape index (κ1) is 18.5. The minimum absolute atomic E-state index is 0.539. The molecule has 1 saturated carbocycles. The molecule has 0 unspecified atom stereocenters. The zero-order valence-corrected chi connectivity index (χ0v) is 16.1. The van der Waals surface area contributed by atoms with Crippen molar-refractivity contribution in [2.24, 2.45) is 10.9 Å². The summed E-state index contributed by atoms with van der Waals surface area (Å²) in [7, 11) is 1.83. The average Bonchev–Trinajstić information content (AvgIpc) is 3.12. The van der Waals surface area contributed by atoms with Crippen LogP contribution in [-0.4, -0.2) is 30.6 Å². The Bertz CT molecular complexity index is 712. The predicted molar refractivity (Wildman–Crippen MR) is 106 cm³/mol. The molecule has 0 spiro atoms. The SMILES string of the molecule is CN=C(NCCc1coc(-c2ccc(C)cc2)n1)NC1CCC(C)CC1. The molecule has 1 aromatic heterocycles. The van der Waals surface area contributed by atoms with Gasteiger partial charge in [0.1, 0.15) is 6.26 Å². The minimum atomic E-state index is 0.539. The van der Waals surface area contributed by atoms with Gasteiger partial charge in [0.25, 0.3) is 0 Å². The Kier molecular flexibility index (Phi) is 6.31. The van der Waals surface area contributed by atoms with E-state index in [1.807, 2.05) is 19.2 Å². The lowest BCUT2D eigenvalue weighted by Gasteiger charge is -2.28. The van der Waals surface area contributed by atoms with Crippen molar-refractivity contribution in [3.05, 3.63) is 41.8 Å². The Morgan fingerprint density at radius 2 is 1.92 bits per heavy atom. The summed E-state index contributed by atoms with van der Waals surface area (Å²) in [6.07, 6.45) is 7.61. The third-order valence-corrected chi connectivity index (χ3v) is 5.10. The monoisotopic (exact) mass is 354 g/mol. The van der Waals surface area contributed by atoms with Crippen LogP contribution in [0.2, 0.25) is 0 Å². The van der Waals surface area contributed by atoms with Crippen LogP contribution in [0.3, 0.4) is 0 Å². The number of oxazole rings is 1. The third-order valence-electron chi connectivity index (χ3n) is 5.10. The summed E-state index contributed by atoms with van der Waals surface area (Å²) in [5.74, 6) is 2.42. The van der Waals surface area contributed by atoms with E-state index in [1.165, 1.54) is 31.2 Å². The summed E-state index contributed by atoms with van der Waals surface area (Å²) < 4.78 is 5.62. The van der Waals surface area contributed by atoms with E-state index in [1.54, 1.807) is 6.26 Å². The third kappa shape index (κ3) is 5.10. The first-order chi connectivity index (χ1) is 12.6. The molecule has 140 valence electrons. The van der Waals surface area contributed by atoms with Crippen LogP contribution in [0.5, 0.6) is 0 Å². The Morgan fingerprint density at radius 3 is 2.62 bits per heavy atom. The van der Waals surface area contributed by atoms with Gasteiger partial charge in [0.2, 0.25) is 5.89 Å². The maximum absolute atomic E-state index is 5.62. The standard InChI is InChI=1S/C21H30N4O/c1-15-4-8-17(9-5-15)20-24-19(14-26-20)12-13-23-21(22-3)25-18-10-6-16(2)7-11-18/h4-5,8-9,14,16,18H,6-7,10-13H2,1-3H3,(H2,22,23,25). The molecule has 0 aliphatic heterocycles. The van der Waals surface area contributed by atoms with E-state index in [0.717, 1.165) is 36.1 Å². The molecule has 0 radical (unpaired) electrons. The Labute approximate surface area is 156 Å². The fourth-order valence-electron chi connectivity index (χ4n) is 3.35. The molecule has 0 saturated heterocycles. The quantitative estimate of drug-likeness (QED) is 0.631. The number of aliphatic imine (C=N–C) groups is 1. The highest BCUT2D eigenvalue weighted by Gasteiger charge is 2.18. The number of guanidine groups is 1. The minimum Gasteiger partial charge on any atom is -0.444 e. The van der Waals surface area contributed by atoms with Gasteiger partial charge in [-0.15, -0.1) is 0 Å². The van der Waals surface area contributed by atoms with Crippen molar-refractivity contribution in [3.8, 4) is 11.5 Å². The highest BCUT2D eigenvalue weighted by atomic mass is 16.3. The molecular formula is C21H30N4O. The first-order valence-electron chi connectivity index (χ1n) is 9.62. The van der Waals surface area contributed by atoms with Gasteiger partial charge in [-0.05, 0) is 50.7 Å². The molecule has 3 rings (SSSR count). The number of rotatable bonds is 5. The maximum atomic E-state index is 5.62. The highest BCUT2D eigenvalue weighted by Crippen LogP contribution is 2.23. The second-order valence-electron chi connectivity index (χ2n) is 7.36. The number of aromatic nitrogens is 1. The normalized spacial score (nSPS) is 20.8. The van der Waals surface area contributed by atoms with Crippen LogP contribution < -0.4 is 10.6 Å². The summed E-state index contributed by atoms with van der Waals surface area (Å²) in [4.78, 5) is 8.93. The van der Waals surface area contributed by atoms with E-state index in [0.29, 0.717) is 11.9 Å². The van der Waals surface area contributed by atoms with Crippen LogP contribution in [0.1, 0.15) is 43.9 Å². The molecule has 5 nitrogen and oxygen atoms in total. The van der Waals surface area contributed by atoms with Crippen LogP contribution >= 0.6 is 0 Å². The largest absolute Gasteiger partial charge is 0.444 e. The van der Waals surface area contributed by atoms with Gasteiger partial charge >= 0.3 is 0 Å². The second-order valence-corrected chi connectivity index (χ2v) is 7.36. The fourth-order valence-corrected chi connectivity index (χ4v) is 3.35. The van der Waals surface area contributed by atoms with Crippen LogP contribution in [0, 0.1) is 12.8 Å². The van der Waals surface area contributed by atoms with Crippen molar-refractivity contribution in [2.45, 2.75) is 52.0 Å². The molecule has 2 aromatic rings. The highest BCUT2D eigenvalue weighted by molar-refractivity contribution is 5.79. The van der Waals surface area contributed by atoms with Crippen molar-refractivity contribution in [1.29, 1.82) is 0 Å². The Balaban J connectivity index is 1.46. The molecule has 1 fully saturated rings. The molecule has 0 atom stereocenters. The summed E-state index contributed by atoms with van der Waals surface area (Å²) >= 11 is 0. The van der Waals surface area contributed by atoms with Crippen molar-refractivity contribution in [2.75, 3.05) is 13.6 Å². The van der Waals surface area contributed by atoms with E-state index in [9.17, 15) is 0 Å². The van der Waals surface area contributed by atoms with Crippen molar-refractivity contribution < 1.29 is 4.42 Å². The molecule has 26 heavy (non-hydrogen) atoms. The summed E-state index contributed by atoms with van der Waals surface area (Å²) in [5, 5.41) is 6.93. The molecule has 1 aliphatic rings. The first-order valence-corrected chi connectivity index (χ1v) is 9.62. The molecule has 2 N–H and O–H groups in total. The fraction of sp³-hybridized carbons (Fsp3) is 0.524. The molecule has 1 aromatic carbocycles. The van der Waals surface area contributed by atoms with Crippen LogP contribution in [0.4, 0.5) is 0 Å². The Hall–Kier alpha value is -2.30. The molecule has 5 heteroatoms. The van der Waals surface area contributed by atoms with Gasteiger partial charge in [0.05, 0.1) is 5.69 Å². The summed E-state index contributed by atoms with van der Waals surface area (Å²) in [6, 6.07) is 8.77. The summed E-state index contributed by atoms with van der Waals surface area (Å²) in [6.45, 7) is 5.19. The van der Waals surface area contributed by atoms with E-state index in [2.05, 4.69) is 46.6 Å². The van der Waals surface area contributed by atoms with E-state index in [-0.39, 0.29) is 0 Å². The Morgan fingerprint density at radius 1 is 1.19 bits per heavy atom. The number of nitrogens with one attached hydrogen (secondary N) is 2. The van der Waals surface area contributed by atoms with E-state index >= 15 is 0 Å². The lowest BCUT2D eigenvalue weighted by molar-refractivity contribution is 0.329. The molecule has 0 bridgehead atoms. The van der Waals surface area contributed by atoms with Crippen molar-refractivity contribution >= 4 is 5.96 Å². The lowest BCUT2D eigenvalue weighted by Crippen LogP contribution is -2.45. The number of benzene rings is 1. The summed E-state index contributed by atoms with van der Waals surface area (Å²) in [5.41, 5.74) is 3.20. The number of nitrogens with zero attached hydrogens (tertiary/aromatic N) is 2. The van der Waals surface area contributed by atoms with Gasteiger partial charge in [-0.3, -0.25) is 4.99 Å².